The Labute approximate surface area is 363 Å². The fourth-order valence-corrected chi connectivity index (χ4v) is 7.93. The number of likely N-dealkylation sites (tertiary alicyclic amines) is 1. The number of carbonyl (C=O) groups excluding carboxylic acids is 1. The molecule has 5 nitrogen and oxygen atoms in total. The molecule has 0 saturated carbocycles. The van der Waals surface area contributed by atoms with E-state index in [9.17, 15) is 4.79 Å². The minimum absolute atomic E-state index is 0.00977. The number of piperidine rings is 2. The molecule has 2 rings (SSSR count). The minimum atomic E-state index is 0.00977. The molecule has 0 aromatic carbocycles. The number of esters is 1. The van der Waals surface area contributed by atoms with Gasteiger partial charge in [0.1, 0.15) is 0 Å². The van der Waals surface area contributed by atoms with Gasteiger partial charge in [-0.25, -0.2) is 0 Å². The summed E-state index contributed by atoms with van der Waals surface area (Å²) in [5.41, 5.74) is 0. The van der Waals surface area contributed by atoms with Crippen molar-refractivity contribution in [3.8, 4) is 0 Å². The van der Waals surface area contributed by atoms with Crippen LogP contribution in [0.4, 0.5) is 0 Å². The number of hydrogen-bond donors (Lipinski definition) is 1. The summed E-state index contributed by atoms with van der Waals surface area (Å²) in [6.07, 6.45) is 51.4. The molecule has 0 atom stereocenters. The van der Waals surface area contributed by atoms with Gasteiger partial charge in [-0.15, -0.1) is 0 Å². The lowest BCUT2D eigenvalue weighted by Crippen LogP contribution is -2.30. The summed E-state index contributed by atoms with van der Waals surface area (Å²) in [4.78, 5) is 14.2. The quantitative estimate of drug-likeness (QED) is 0.0295. The molecule has 0 amide bonds. The van der Waals surface area contributed by atoms with Gasteiger partial charge in [-0.1, -0.05) is 155 Å². The molecular weight excluding hydrogens is 713 g/mol. The molecule has 0 unspecified atom stereocenters. The van der Waals surface area contributed by atoms with Crippen LogP contribution in [-0.2, 0) is 14.3 Å². The molecule has 0 radical (unpaired) electrons. The number of ether oxygens (including phenoxy) is 2. The number of nitrogens with zero attached hydrogens (tertiary/aromatic N) is 1. The number of hydrogen-bond acceptors (Lipinski definition) is 5. The molecule has 58 heavy (non-hydrogen) atoms. The molecule has 2 fully saturated rings. The van der Waals surface area contributed by atoms with Gasteiger partial charge in [0.25, 0.3) is 0 Å². The molecule has 0 bridgehead atoms. The summed E-state index contributed by atoms with van der Waals surface area (Å²) in [6, 6.07) is 0. The average molecular weight is 815 g/mol. The van der Waals surface area contributed by atoms with Crippen molar-refractivity contribution in [1.82, 2.24) is 10.2 Å². The second-order valence-electron chi connectivity index (χ2n) is 17.4. The largest absolute Gasteiger partial charge is 0.499 e. The van der Waals surface area contributed by atoms with Crippen LogP contribution >= 0.6 is 0 Å². The van der Waals surface area contributed by atoms with Gasteiger partial charge in [-0.05, 0) is 148 Å². The Hall–Kier alpha value is -1.59. The predicted octanol–water partition coefficient (Wildman–Crippen LogP) is 15.9. The van der Waals surface area contributed by atoms with E-state index in [-0.39, 0.29) is 5.97 Å². The van der Waals surface area contributed by atoms with Crippen LogP contribution in [0.5, 0.6) is 0 Å². The molecular formula is C53H102N2O3. The van der Waals surface area contributed by atoms with E-state index in [2.05, 4.69) is 62.0 Å². The highest BCUT2D eigenvalue weighted by atomic mass is 16.5. The van der Waals surface area contributed by atoms with Gasteiger partial charge in [-0.3, -0.25) is 4.79 Å². The summed E-state index contributed by atoms with van der Waals surface area (Å²) in [5, 5.41) is 3.42. The minimum Gasteiger partial charge on any atom is -0.499 e. The molecule has 0 aromatic rings. The second kappa shape index (κ2) is 46.5. The van der Waals surface area contributed by atoms with E-state index in [0.29, 0.717) is 13.0 Å². The van der Waals surface area contributed by atoms with Crippen molar-refractivity contribution >= 4 is 5.97 Å². The number of nitrogens with one attached hydrogen (secondary N) is 1. The first-order chi connectivity index (χ1) is 28.5. The first-order valence-corrected chi connectivity index (χ1v) is 25.7. The Balaban J connectivity index is 0.00000108. The van der Waals surface area contributed by atoms with E-state index in [1.165, 1.54) is 206 Å². The van der Waals surface area contributed by atoms with Crippen molar-refractivity contribution in [3.63, 3.8) is 0 Å². The maximum atomic E-state index is 11.8. The number of carbonyl (C=O) groups is 1. The third kappa shape index (κ3) is 41.2. The van der Waals surface area contributed by atoms with E-state index < -0.39 is 0 Å². The first kappa shape index (κ1) is 56.4. The lowest BCUT2D eigenvalue weighted by Gasteiger charge is -2.28. The third-order valence-corrected chi connectivity index (χ3v) is 12.0. The second-order valence-corrected chi connectivity index (χ2v) is 17.4. The zero-order valence-electron chi connectivity index (χ0n) is 39.9. The molecule has 2 aliphatic heterocycles. The van der Waals surface area contributed by atoms with Crippen LogP contribution in [0.1, 0.15) is 240 Å². The lowest BCUT2D eigenvalue weighted by atomic mass is 9.94. The van der Waals surface area contributed by atoms with Crippen LogP contribution in [0.3, 0.4) is 0 Å². The molecule has 0 aromatic heterocycles. The van der Waals surface area contributed by atoms with E-state index in [1.54, 1.807) is 0 Å². The summed E-state index contributed by atoms with van der Waals surface area (Å²) < 4.78 is 11.3. The van der Waals surface area contributed by atoms with Crippen molar-refractivity contribution in [3.05, 3.63) is 36.6 Å². The summed E-state index contributed by atoms with van der Waals surface area (Å²) in [5.74, 6) is 2.62. The summed E-state index contributed by atoms with van der Waals surface area (Å²) in [6.45, 7) is 18.9. The van der Waals surface area contributed by atoms with Crippen LogP contribution in [-0.4, -0.2) is 57.3 Å². The number of rotatable bonds is 36. The fraction of sp³-hybridized carbons (Fsp3) is 0.868. The zero-order valence-corrected chi connectivity index (χ0v) is 39.9. The van der Waals surface area contributed by atoms with Crippen LogP contribution in [0, 0.1) is 11.8 Å². The average Bonchev–Trinajstić information content (AvgIpc) is 3.24. The van der Waals surface area contributed by atoms with Gasteiger partial charge in [0.05, 0.1) is 19.0 Å². The highest BCUT2D eigenvalue weighted by Crippen LogP contribution is 2.20. The smallest absolute Gasteiger partial charge is 0.305 e. The van der Waals surface area contributed by atoms with E-state index in [0.717, 1.165) is 49.9 Å². The molecule has 2 saturated heterocycles. The lowest BCUT2D eigenvalue weighted by molar-refractivity contribution is -0.144. The maximum absolute atomic E-state index is 11.8. The van der Waals surface area contributed by atoms with Gasteiger partial charge in [0.2, 0.25) is 0 Å². The van der Waals surface area contributed by atoms with Crippen molar-refractivity contribution in [1.29, 1.82) is 0 Å². The van der Waals surface area contributed by atoms with Crippen LogP contribution in [0.25, 0.3) is 0 Å². The molecule has 2 aliphatic rings. The van der Waals surface area contributed by atoms with Crippen molar-refractivity contribution in [2.75, 3.05) is 46.4 Å². The number of unbranched alkanes of at least 4 members (excludes halogenated alkanes) is 21. The molecule has 0 aliphatic carbocycles. The topological polar surface area (TPSA) is 50.8 Å². The van der Waals surface area contributed by atoms with Crippen molar-refractivity contribution in [2.24, 2.45) is 11.8 Å². The zero-order chi connectivity index (χ0) is 42.4. The normalized spacial score (nSPS) is 15.3. The summed E-state index contributed by atoms with van der Waals surface area (Å²) in [7, 11) is 2.18. The third-order valence-electron chi connectivity index (χ3n) is 12.0. The van der Waals surface area contributed by atoms with Crippen LogP contribution < -0.4 is 5.32 Å². The van der Waals surface area contributed by atoms with E-state index in [4.69, 9.17) is 9.47 Å². The number of allylic oxidation sites excluding steroid dienone is 5. The van der Waals surface area contributed by atoms with Crippen molar-refractivity contribution in [2.45, 2.75) is 240 Å². The van der Waals surface area contributed by atoms with Crippen LogP contribution in [0.2, 0.25) is 0 Å². The molecule has 0 spiro atoms. The summed E-state index contributed by atoms with van der Waals surface area (Å²) >= 11 is 0. The van der Waals surface area contributed by atoms with E-state index in [1.807, 2.05) is 13.8 Å². The van der Waals surface area contributed by atoms with E-state index >= 15 is 0 Å². The van der Waals surface area contributed by atoms with Gasteiger partial charge in [0.15, 0.2) is 0 Å². The monoisotopic (exact) mass is 815 g/mol. The van der Waals surface area contributed by atoms with Gasteiger partial charge in [-0.2, -0.15) is 0 Å². The molecule has 1 N–H and O–H groups in total. The highest BCUT2D eigenvalue weighted by Gasteiger charge is 2.17. The van der Waals surface area contributed by atoms with Gasteiger partial charge in [0, 0.05) is 12.8 Å². The highest BCUT2D eigenvalue weighted by molar-refractivity contribution is 5.69. The molecule has 5 heteroatoms. The Morgan fingerprint density at radius 2 is 0.931 bits per heavy atom. The Kier molecular flexibility index (Phi) is 45.2. The van der Waals surface area contributed by atoms with Crippen molar-refractivity contribution < 1.29 is 14.3 Å². The predicted molar refractivity (Wildman–Crippen MR) is 257 cm³/mol. The standard InChI is InChI=1S/C26H49NO2.C25H47NO.C2H6/c1-3-4-5-6-7-8-9-10-11-12-13-14-15-16-17-18-26(28)29-24-21-25-19-22-27(2)23-20-25;1-3-4-5-6-7-8-9-10-11-12-13-14-15-16-17-24(2)27-23-20-25-18-21-26-22-19-25;1-2/h10-11,25H,3-9,12-24H2,1-2H3;9-10,25-26H,2-8,11-23H2,1H3;1-2H3/b;10-9+;. The first-order valence-electron chi connectivity index (χ1n) is 25.7. The van der Waals surface area contributed by atoms with Crippen LogP contribution in [0.15, 0.2) is 36.6 Å². The van der Waals surface area contributed by atoms with Gasteiger partial charge < -0.3 is 19.7 Å². The Morgan fingerprint density at radius 1 is 0.552 bits per heavy atom. The molecule has 342 valence electrons. The fourth-order valence-electron chi connectivity index (χ4n) is 7.93. The van der Waals surface area contributed by atoms with Gasteiger partial charge >= 0.3 is 5.97 Å². The molecule has 2 heterocycles. The SMILES string of the molecule is C=C(CCCCCCC/C=C/CCCCCCC)OCCC1CCNCC1.CC.CCCCCCCCC=CCCCCCCCC(=O)OCCC1CCN(C)CC1. The Morgan fingerprint density at radius 3 is 1.40 bits per heavy atom. The maximum Gasteiger partial charge on any atom is 0.305 e. The Bertz CT molecular complexity index is 903.